The zero-order chi connectivity index (χ0) is 24.4. The Balaban J connectivity index is 1.59. The first-order chi connectivity index (χ1) is 16.5. The summed E-state index contributed by atoms with van der Waals surface area (Å²) in [6.45, 7) is 12.4. The molecule has 1 aromatic heterocycles. The van der Waals surface area contributed by atoms with Crippen LogP contribution in [-0.4, -0.2) is 47.8 Å². The fourth-order valence-electron chi connectivity index (χ4n) is 3.62. The summed E-state index contributed by atoms with van der Waals surface area (Å²) < 4.78 is 15.8. The van der Waals surface area contributed by atoms with Crippen molar-refractivity contribution in [2.75, 3.05) is 18.4 Å². The van der Waals surface area contributed by atoms with Gasteiger partial charge in [-0.05, 0) is 48.6 Å². The van der Waals surface area contributed by atoms with Crippen LogP contribution in [0.15, 0.2) is 91.7 Å². The van der Waals surface area contributed by atoms with Crippen LogP contribution in [0.1, 0.15) is 24.0 Å². The van der Waals surface area contributed by atoms with E-state index in [2.05, 4.69) is 46.1 Å². The molecule has 0 amide bonds. The van der Waals surface area contributed by atoms with E-state index in [0.29, 0.717) is 30.3 Å². The third-order valence-corrected chi connectivity index (χ3v) is 7.97. The predicted octanol–water partition coefficient (Wildman–Crippen LogP) is 3.99. The number of hydrogen-bond donors (Lipinski definition) is 3. The number of allylic oxidation sites excluding steroid dienone is 5. The summed E-state index contributed by atoms with van der Waals surface area (Å²) in [5.41, 5.74) is 4.08. The Morgan fingerprint density at radius 2 is 1.85 bits per heavy atom. The molecule has 1 aromatic carbocycles. The Kier molecular flexibility index (Phi) is 9.01. The lowest BCUT2D eigenvalue weighted by molar-refractivity contribution is 0.225. The summed E-state index contributed by atoms with van der Waals surface area (Å²) >= 11 is 0. The highest BCUT2D eigenvalue weighted by atomic mass is 32.2. The van der Waals surface area contributed by atoms with Gasteiger partial charge in [0.05, 0.1) is 10.6 Å². The van der Waals surface area contributed by atoms with Gasteiger partial charge in [-0.2, -0.15) is 0 Å². The second kappa shape index (κ2) is 12.2. The Labute approximate surface area is 202 Å². The first-order valence-corrected chi connectivity index (χ1v) is 12.6. The molecule has 7 nitrogen and oxygen atoms in total. The van der Waals surface area contributed by atoms with Gasteiger partial charge < -0.3 is 5.32 Å². The minimum absolute atomic E-state index is 0.166. The van der Waals surface area contributed by atoms with Crippen LogP contribution >= 0.6 is 0 Å². The molecule has 0 spiro atoms. The lowest BCUT2D eigenvalue weighted by Gasteiger charge is -2.33. The molecule has 3 N–H and O–H groups in total. The molecule has 3 rings (SSSR count). The Morgan fingerprint density at radius 1 is 1.18 bits per heavy atom. The molecule has 1 fully saturated rings. The molecular formula is C26H31N5O2S. The lowest BCUT2D eigenvalue weighted by atomic mass is 10.1. The van der Waals surface area contributed by atoms with E-state index in [4.69, 9.17) is 5.21 Å². The summed E-state index contributed by atoms with van der Waals surface area (Å²) in [5, 5.41) is 15.1. The maximum atomic E-state index is 13.8. The lowest BCUT2D eigenvalue weighted by Crippen LogP contribution is -2.42. The number of nitrogens with zero attached hydrogens (tertiary/aromatic N) is 3. The fourth-order valence-corrected chi connectivity index (χ4v) is 5.50. The largest absolute Gasteiger partial charge is 0.351 e. The van der Waals surface area contributed by atoms with E-state index in [9.17, 15) is 4.21 Å². The third-order valence-electron chi connectivity index (χ3n) is 5.57. The molecule has 0 bridgehead atoms. The van der Waals surface area contributed by atoms with Crippen molar-refractivity contribution in [1.82, 2.24) is 19.8 Å². The van der Waals surface area contributed by atoms with Crippen molar-refractivity contribution < 1.29 is 9.42 Å². The maximum absolute atomic E-state index is 13.8. The second-order valence-corrected chi connectivity index (χ2v) is 10.1. The first kappa shape index (κ1) is 25.2. The van der Waals surface area contributed by atoms with Gasteiger partial charge in [0, 0.05) is 37.1 Å². The highest BCUT2D eigenvalue weighted by molar-refractivity contribution is 7.98. The monoisotopic (exact) mass is 477 g/mol. The van der Waals surface area contributed by atoms with Crippen molar-refractivity contribution in [3.63, 3.8) is 0 Å². The van der Waals surface area contributed by atoms with Crippen LogP contribution in [0, 0.1) is 0 Å². The number of benzene rings is 1. The topological polar surface area (TPSA) is 90.4 Å². The van der Waals surface area contributed by atoms with Gasteiger partial charge in [-0.25, -0.2) is 18.5 Å². The molecule has 0 aliphatic carbocycles. The minimum atomic E-state index is -2.64. The zero-order valence-corrected chi connectivity index (χ0v) is 20.0. The van der Waals surface area contributed by atoms with Gasteiger partial charge in [0.25, 0.3) is 0 Å². The molecule has 1 aliphatic heterocycles. The highest BCUT2D eigenvalue weighted by Gasteiger charge is 2.27. The zero-order valence-electron chi connectivity index (χ0n) is 19.2. The van der Waals surface area contributed by atoms with Crippen molar-refractivity contribution in [2.45, 2.75) is 30.2 Å². The number of nitrogens with one attached hydrogen (secondary N) is 2. The molecular weight excluding hydrogens is 446 g/mol. The average Bonchev–Trinajstić information content (AvgIpc) is 2.89. The summed E-state index contributed by atoms with van der Waals surface area (Å²) in [4.78, 5) is 9.28. The van der Waals surface area contributed by atoms with E-state index in [0.717, 1.165) is 29.7 Å². The van der Waals surface area contributed by atoms with Crippen LogP contribution in [0.5, 0.6) is 0 Å². The average molecular weight is 478 g/mol. The van der Waals surface area contributed by atoms with E-state index >= 15 is 0 Å². The van der Waals surface area contributed by atoms with Crippen molar-refractivity contribution in [1.29, 1.82) is 0 Å². The SMILES string of the molecule is C=C=S(=O)(c1ccc(C/C=C\C=C/C=C)cc1)N1CCC(Nc2ncc(C(=C)NO)cn2)CC1. The molecule has 178 valence electrons. The normalized spacial score (nSPS) is 16.7. The molecule has 2 aromatic rings. The van der Waals surface area contributed by atoms with E-state index < -0.39 is 9.71 Å². The molecule has 1 saturated heterocycles. The molecule has 8 heteroatoms. The smallest absolute Gasteiger partial charge is 0.222 e. The number of piperidine rings is 1. The van der Waals surface area contributed by atoms with Crippen LogP contribution < -0.4 is 10.8 Å². The van der Waals surface area contributed by atoms with E-state index in [1.807, 2.05) is 52.3 Å². The third kappa shape index (κ3) is 6.34. The fraction of sp³-hybridized carbons (Fsp3) is 0.231. The van der Waals surface area contributed by atoms with Crippen molar-refractivity contribution in [2.24, 2.45) is 0 Å². The Hall–Kier alpha value is -3.42. The van der Waals surface area contributed by atoms with Crippen LogP contribution in [0.4, 0.5) is 5.95 Å². The van der Waals surface area contributed by atoms with Gasteiger partial charge in [0.15, 0.2) is 0 Å². The minimum Gasteiger partial charge on any atom is -0.351 e. The number of hydrogen-bond acceptors (Lipinski definition) is 6. The predicted molar refractivity (Wildman–Crippen MR) is 140 cm³/mol. The van der Waals surface area contributed by atoms with Crippen molar-refractivity contribution in [3.8, 4) is 0 Å². The molecule has 1 atom stereocenters. The van der Waals surface area contributed by atoms with Gasteiger partial charge in [-0.1, -0.05) is 55.7 Å². The van der Waals surface area contributed by atoms with E-state index in [1.165, 1.54) is 0 Å². The summed E-state index contributed by atoms with van der Waals surface area (Å²) in [7, 11) is -2.64. The van der Waals surface area contributed by atoms with Crippen LogP contribution in [0.25, 0.3) is 5.70 Å². The Morgan fingerprint density at radius 3 is 2.44 bits per heavy atom. The van der Waals surface area contributed by atoms with Crippen LogP contribution in [-0.2, 0) is 16.1 Å². The quantitative estimate of drug-likeness (QED) is 0.272. The van der Waals surface area contributed by atoms with Crippen LogP contribution in [0.2, 0.25) is 0 Å². The summed E-state index contributed by atoms with van der Waals surface area (Å²) in [5.74, 6) is 0.508. The summed E-state index contributed by atoms with van der Waals surface area (Å²) in [6, 6.07) is 8.00. The van der Waals surface area contributed by atoms with E-state index in [-0.39, 0.29) is 6.04 Å². The summed E-state index contributed by atoms with van der Waals surface area (Å²) in [6.07, 6.45) is 15.2. The first-order valence-electron chi connectivity index (χ1n) is 11.0. The highest BCUT2D eigenvalue weighted by Crippen LogP contribution is 2.23. The number of anilines is 1. The van der Waals surface area contributed by atoms with Gasteiger partial charge in [-0.3, -0.25) is 10.7 Å². The molecule has 1 aliphatic rings. The van der Waals surface area contributed by atoms with Gasteiger partial charge >= 0.3 is 0 Å². The van der Waals surface area contributed by atoms with Gasteiger partial charge in [0.2, 0.25) is 5.95 Å². The standard InChI is InChI=1S/C26H31N5O2S/c1-4-6-7-8-9-10-22-11-13-25(14-12-22)34(33,5-2)31-17-15-24(16-18-31)29-26-27-19-23(20-28-26)21(3)30-32/h4,6-9,11-14,19-20,24,30,32H,1-3,10,15-18H2,(H,27,28,29)/b7-6-,9-8-. The maximum Gasteiger partial charge on any atom is 0.222 e. The number of hydroxylamine groups is 1. The van der Waals surface area contributed by atoms with Gasteiger partial charge in [0.1, 0.15) is 9.71 Å². The molecule has 0 radical (unpaired) electrons. The second-order valence-electron chi connectivity index (χ2n) is 7.80. The van der Waals surface area contributed by atoms with Crippen molar-refractivity contribution >= 4 is 26.4 Å². The molecule has 1 unspecified atom stereocenters. The molecule has 34 heavy (non-hydrogen) atoms. The molecule has 2 heterocycles. The van der Waals surface area contributed by atoms with E-state index in [1.54, 1.807) is 18.5 Å². The van der Waals surface area contributed by atoms with Gasteiger partial charge in [-0.15, -0.1) is 0 Å². The Bertz CT molecular complexity index is 1180. The van der Waals surface area contributed by atoms with Crippen molar-refractivity contribution in [3.05, 3.63) is 97.9 Å². The van der Waals surface area contributed by atoms with Crippen LogP contribution in [0.3, 0.4) is 0 Å². The molecule has 0 saturated carbocycles. The number of aromatic nitrogens is 2. The number of rotatable bonds is 10.